The minimum atomic E-state index is 0.0323. The Morgan fingerprint density at radius 2 is 1.86 bits per heavy atom. The highest BCUT2D eigenvalue weighted by Gasteiger charge is 2.33. The number of ether oxygens (including phenoxy) is 2. The van der Waals surface area contributed by atoms with Gasteiger partial charge in [-0.3, -0.25) is 0 Å². The van der Waals surface area contributed by atoms with E-state index in [1.165, 1.54) is 25.7 Å². The van der Waals surface area contributed by atoms with Gasteiger partial charge in [0.05, 0.1) is 13.2 Å². The summed E-state index contributed by atoms with van der Waals surface area (Å²) in [4.78, 5) is 0. The minimum absolute atomic E-state index is 0.0323. The smallest absolute Gasteiger partial charge is 0.161 e. The van der Waals surface area contributed by atoms with Crippen LogP contribution in [0.2, 0.25) is 0 Å². The molecule has 1 aliphatic carbocycles. The number of hydrogen-bond donors (Lipinski definition) is 0. The van der Waals surface area contributed by atoms with Crippen molar-refractivity contribution in [2.24, 2.45) is 11.8 Å². The molecular formula is C12H18O2. The van der Waals surface area contributed by atoms with E-state index in [1.54, 1.807) is 0 Å². The molecule has 1 heterocycles. The Labute approximate surface area is 85.6 Å². The molecule has 2 rings (SSSR count). The van der Waals surface area contributed by atoms with Crippen molar-refractivity contribution >= 4 is 0 Å². The maximum Gasteiger partial charge on any atom is 0.161 e. The lowest BCUT2D eigenvalue weighted by Gasteiger charge is -2.32. The number of allylic oxidation sites excluding steroid dienone is 1. The van der Waals surface area contributed by atoms with Gasteiger partial charge < -0.3 is 9.47 Å². The van der Waals surface area contributed by atoms with Crippen molar-refractivity contribution < 1.29 is 9.47 Å². The van der Waals surface area contributed by atoms with Gasteiger partial charge in [0, 0.05) is 5.92 Å². The summed E-state index contributed by atoms with van der Waals surface area (Å²) in [7, 11) is 0. The molecule has 2 aliphatic rings. The molecule has 0 radical (unpaired) electrons. The fourth-order valence-corrected chi connectivity index (χ4v) is 2.51. The van der Waals surface area contributed by atoms with Gasteiger partial charge in [-0.15, -0.1) is 5.73 Å². The lowest BCUT2D eigenvalue weighted by atomic mass is 9.79. The third-order valence-electron chi connectivity index (χ3n) is 3.20. The van der Waals surface area contributed by atoms with Crippen LogP contribution >= 0.6 is 0 Å². The molecule has 2 heteroatoms. The molecule has 0 unspecified atom stereocenters. The molecule has 2 nitrogen and oxygen atoms in total. The monoisotopic (exact) mass is 194 g/mol. The summed E-state index contributed by atoms with van der Waals surface area (Å²) in [6.07, 6.45) is 7.19. The van der Waals surface area contributed by atoms with Crippen LogP contribution in [0.1, 0.15) is 25.7 Å². The average Bonchev–Trinajstić information content (AvgIpc) is 2.72. The molecule has 0 aromatic heterocycles. The lowest BCUT2D eigenvalue weighted by molar-refractivity contribution is -0.102. The third-order valence-corrected chi connectivity index (χ3v) is 3.20. The molecule has 1 aliphatic heterocycles. The first-order valence-electron chi connectivity index (χ1n) is 5.51. The van der Waals surface area contributed by atoms with Crippen LogP contribution in [0.3, 0.4) is 0 Å². The van der Waals surface area contributed by atoms with Gasteiger partial charge in [-0.05, 0) is 24.8 Å². The van der Waals surface area contributed by atoms with Gasteiger partial charge >= 0.3 is 0 Å². The number of hydrogen-bond acceptors (Lipinski definition) is 2. The van der Waals surface area contributed by atoms with Crippen molar-refractivity contribution in [3.8, 4) is 0 Å². The van der Waals surface area contributed by atoms with Crippen LogP contribution in [0, 0.1) is 11.8 Å². The van der Waals surface area contributed by atoms with E-state index in [-0.39, 0.29) is 6.29 Å². The highest BCUT2D eigenvalue weighted by Crippen LogP contribution is 2.35. The SMILES string of the molecule is C=C=C[C@@H]1CCCC[C@H]1C1OCCO1. The largest absolute Gasteiger partial charge is 0.350 e. The van der Waals surface area contributed by atoms with Crippen molar-refractivity contribution in [2.75, 3.05) is 13.2 Å². The fraction of sp³-hybridized carbons (Fsp3) is 0.750. The molecular weight excluding hydrogens is 176 g/mol. The van der Waals surface area contributed by atoms with Gasteiger partial charge in [0.2, 0.25) is 0 Å². The van der Waals surface area contributed by atoms with Crippen LogP contribution in [-0.2, 0) is 9.47 Å². The molecule has 2 atom stereocenters. The summed E-state index contributed by atoms with van der Waals surface area (Å²) in [5, 5.41) is 0. The maximum atomic E-state index is 5.58. The summed E-state index contributed by atoms with van der Waals surface area (Å²) >= 11 is 0. The molecule has 78 valence electrons. The minimum Gasteiger partial charge on any atom is -0.350 e. The molecule has 1 saturated carbocycles. The molecule has 2 fully saturated rings. The highest BCUT2D eigenvalue weighted by atomic mass is 16.7. The Kier molecular flexibility index (Phi) is 3.41. The van der Waals surface area contributed by atoms with E-state index >= 15 is 0 Å². The van der Waals surface area contributed by atoms with E-state index in [4.69, 9.17) is 9.47 Å². The van der Waals surface area contributed by atoms with E-state index < -0.39 is 0 Å². The van der Waals surface area contributed by atoms with Crippen molar-refractivity contribution in [3.05, 3.63) is 18.4 Å². The first kappa shape index (κ1) is 9.97. The highest BCUT2D eigenvalue weighted by molar-refractivity contribution is 4.92. The van der Waals surface area contributed by atoms with Crippen molar-refractivity contribution in [1.29, 1.82) is 0 Å². The topological polar surface area (TPSA) is 18.5 Å². The second-order valence-corrected chi connectivity index (χ2v) is 4.09. The Hall–Kier alpha value is -0.560. The van der Waals surface area contributed by atoms with Crippen LogP contribution in [0.4, 0.5) is 0 Å². The Morgan fingerprint density at radius 3 is 2.57 bits per heavy atom. The molecule has 0 aromatic rings. The summed E-state index contributed by atoms with van der Waals surface area (Å²) in [6, 6.07) is 0. The molecule has 0 spiro atoms. The van der Waals surface area contributed by atoms with Crippen LogP contribution in [0.15, 0.2) is 18.4 Å². The third kappa shape index (κ3) is 2.09. The van der Waals surface area contributed by atoms with E-state index in [0.29, 0.717) is 11.8 Å². The summed E-state index contributed by atoms with van der Waals surface area (Å²) in [6.45, 7) is 5.16. The molecule has 14 heavy (non-hydrogen) atoms. The van der Waals surface area contributed by atoms with Crippen LogP contribution in [0.25, 0.3) is 0 Å². The summed E-state index contributed by atoms with van der Waals surface area (Å²) < 4.78 is 11.2. The van der Waals surface area contributed by atoms with E-state index in [2.05, 4.69) is 18.4 Å². The predicted octanol–water partition coefficient (Wildman–Crippen LogP) is 2.51. The molecule has 0 N–H and O–H groups in total. The van der Waals surface area contributed by atoms with Crippen molar-refractivity contribution in [3.63, 3.8) is 0 Å². The standard InChI is InChI=1S/C12H18O2/c1-2-5-10-6-3-4-7-11(10)12-13-8-9-14-12/h5,10-12H,1,3-4,6-9H2/t10-,11-/m1/s1. The predicted molar refractivity (Wildman–Crippen MR) is 54.9 cm³/mol. The van der Waals surface area contributed by atoms with E-state index in [0.717, 1.165) is 13.2 Å². The van der Waals surface area contributed by atoms with Gasteiger partial charge in [0.1, 0.15) is 0 Å². The number of rotatable bonds is 2. The van der Waals surface area contributed by atoms with E-state index in [1.807, 2.05) is 0 Å². The van der Waals surface area contributed by atoms with Crippen LogP contribution < -0.4 is 0 Å². The zero-order chi connectivity index (χ0) is 9.80. The van der Waals surface area contributed by atoms with Gasteiger partial charge in [0.15, 0.2) is 6.29 Å². The first-order valence-corrected chi connectivity index (χ1v) is 5.51. The molecule has 1 saturated heterocycles. The molecule has 0 bridgehead atoms. The summed E-state index contributed by atoms with van der Waals surface area (Å²) in [5.74, 6) is 1.09. The van der Waals surface area contributed by atoms with Crippen LogP contribution in [0.5, 0.6) is 0 Å². The zero-order valence-corrected chi connectivity index (χ0v) is 8.58. The van der Waals surface area contributed by atoms with Gasteiger partial charge in [-0.25, -0.2) is 0 Å². The molecule has 0 aromatic carbocycles. The quantitative estimate of drug-likeness (QED) is 0.629. The lowest BCUT2D eigenvalue weighted by Crippen LogP contribution is -2.30. The second-order valence-electron chi connectivity index (χ2n) is 4.09. The van der Waals surface area contributed by atoms with Gasteiger partial charge in [-0.1, -0.05) is 19.4 Å². The van der Waals surface area contributed by atoms with E-state index in [9.17, 15) is 0 Å². The Balaban J connectivity index is 2.01. The normalized spacial score (nSPS) is 34.0. The zero-order valence-electron chi connectivity index (χ0n) is 8.58. The van der Waals surface area contributed by atoms with Gasteiger partial charge in [-0.2, -0.15) is 0 Å². The average molecular weight is 194 g/mol. The Bertz CT molecular complexity index is 224. The Morgan fingerprint density at radius 1 is 1.14 bits per heavy atom. The fourth-order valence-electron chi connectivity index (χ4n) is 2.51. The maximum absolute atomic E-state index is 5.58. The van der Waals surface area contributed by atoms with Gasteiger partial charge in [0.25, 0.3) is 0 Å². The first-order chi connectivity index (χ1) is 6.92. The van der Waals surface area contributed by atoms with Crippen molar-refractivity contribution in [1.82, 2.24) is 0 Å². The van der Waals surface area contributed by atoms with Crippen molar-refractivity contribution in [2.45, 2.75) is 32.0 Å². The van der Waals surface area contributed by atoms with Crippen LogP contribution in [-0.4, -0.2) is 19.5 Å². The second kappa shape index (κ2) is 4.79. The summed E-state index contributed by atoms with van der Waals surface area (Å²) in [5.41, 5.74) is 2.90. The molecule has 0 amide bonds.